The molecule has 1 unspecified atom stereocenters. The number of carbonyl (C=O) groups excluding carboxylic acids is 2. The lowest BCUT2D eigenvalue weighted by molar-refractivity contribution is -0.140. The number of halogens is 1. The zero-order valence-electron chi connectivity index (χ0n) is 23.8. The first-order valence-electron chi connectivity index (χ1n) is 13.7. The molecule has 0 aliphatic rings. The highest BCUT2D eigenvalue weighted by Gasteiger charge is 2.33. The van der Waals surface area contributed by atoms with E-state index in [1.807, 2.05) is 61.5 Å². The predicted octanol–water partition coefficient (Wildman–Crippen LogP) is 5.17. The Morgan fingerprint density at radius 2 is 1.63 bits per heavy atom. The summed E-state index contributed by atoms with van der Waals surface area (Å²) < 4.78 is 33.6. The molecule has 0 saturated carbocycles. The van der Waals surface area contributed by atoms with Crippen LogP contribution in [-0.4, -0.2) is 57.1 Å². The van der Waals surface area contributed by atoms with Crippen molar-refractivity contribution in [3.63, 3.8) is 0 Å². The third kappa shape index (κ3) is 9.60. The van der Waals surface area contributed by atoms with E-state index in [1.54, 1.807) is 31.2 Å². The molecule has 220 valence electrons. The first-order chi connectivity index (χ1) is 19.6. The standard InChI is InChI=1S/C31H38BrN3O5S/c1-4-6-19-33-31(37)28(21-24-13-8-7-9-14-24)34(22-25-15-12-16-26(32)20-25)30(36)23-35(41(3,38)39)27-17-10-11-18-29(27)40-5-2/h7-18,20,28H,4-6,19,21-23H2,1-3H3,(H,33,37). The molecule has 10 heteroatoms. The minimum atomic E-state index is -3.89. The third-order valence-corrected chi connectivity index (χ3v) is 8.08. The van der Waals surface area contributed by atoms with Gasteiger partial charge < -0.3 is 15.0 Å². The van der Waals surface area contributed by atoms with Crippen LogP contribution in [-0.2, 0) is 32.6 Å². The van der Waals surface area contributed by atoms with Gasteiger partial charge in [0.05, 0.1) is 18.6 Å². The van der Waals surface area contributed by atoms with Gasteiger partial charge in [0.2, 0.25) is 21.8 Å². The van der Waals surface area contributed by atoms with Crippen molar-refractivity contribution in [3.05, 3.63) is 94.5 Å². The van der Waals surface area contributed by atoms with Crippen molar-refractivity contribution >= 4 is 43.5 Å². The fraction of sp³-hybridized carbons (Fsp3) is 0.355. The number of sulfonamides is 1. The van der Waals surface area contributed by atoms with Gasteiger partial charge in [0, 0.05) is 24.0 Å². The van der Waals surface area contributed by atoms with Crippen LogP contribution in [0.25, 0.3) is 0 Å². The number of nitrogens with one attached hydrogen (secondary N) is 1. The maximum absolute atomic E-state index is 14.2. The Morgan fingerprint density at radius 3 is 2.29 bits per heavy atom. The molecule has 0 aromatic heterocycles. The summed E-state index contributed by atoms with van der Waals surface area (Å²) in [5.41, 5.74) is 1.95. The molecular formula is C31H38BrN3O5S. The summed E-state index contributed by atoms with van der Waals surface area (Å²) in [7, 11) is -3.89. The minimum absolute atomic E-state index is 0.113. The normalized spacial score (nSPS) is 11.9. The molecule has 0 heterocycles. The number of rotatable bonds is 15. The number of ether oxygens (including phenoxy) is 1. The zero-order chi connectivity index (χ0) is 29.8. The molecule has 0 saturated heterocycles. The van der Waals surface area contributed by atoms with Gasteiger partial charge in [-0.25, -0.2) is 8.42 Å². The number of para-hydroxylation sites is 2. The molecule has 2 amide bonds. The van der Waals surface area contributed by atoms with Gasteiger partial charge in [-0.3, -0.25) is 13.9 Å². The molecule has 0 radical (unpaired) electrons. The van der Waals surface area contributed by atoms with Crippen molar-refractivity contribution in [1.82, 2.24) is 10.2 Å². The van der Waals surface area contributed by atoms with Crippen molar-refractivity contribution in [3.8, 4) is 5.75 Å². The van der Waals surface area contributed by atoms with Crippen LogP contribution >= 0.6 is 15.9 Å². The third-order valence-electron chi connectivity index (χ3n) is 6.46. The average molecular weight is 645 g/mol. The summed E-state index contributed by atoms with van der Waals surface area (Å²) in [6.07, 6.45) is 3.04. The van der Waals surface area contributed by atoms with Gasteiger partial charge in [-0.05, 0) is 48.7 Å². The van der Waals surface area contributed by atoms with Crippen molar-refractivity contribution in [1.29, 1.82) is 0 Å². The Labute approximate surface area is 251 Å². The molecule has 0 aliphatic heterocycles. The number of hydrogen-bond donors (Lipinski definition) is 1. The lowest BCUT2D eigenvalue weighted by Gasteiger charge is -2.33. The molecule has 8 nitrogen and oxygen atoms in total. The van der Waals surface area contributed by atoms with Crippen LogP contribution in [0.15, 0.2) is 83.3 Å². The van der Waals surface area contributed by atoms with Gasteiger partial charge in [-0.2, -0.15) is 0 Å². The van der Waals surface area contributed by atoms with Crippen LogP contribution in [0.4, 0.5) is 5.69 Å². The van der Waals surface area contributed by atoms with E-state index >= 15 is 0 Å². The van der Waals surface area contributed by atoms with E-state index in [4.69, 9.17) is 4.74 Å². The molecule has 3 rings (SSSR count). The van der Waals surface area contributed by atoms with E-state index in [1.165, 1.54) is 4.90 Å². The van der Waals surface area contributed by atoms with Crippen LogP contribution in [0, 0.1) is 0 Å². The number of anilines is 1. The molecule has 41 heavy (non-hydrogen) atoms. The van der Waals surface area contributed by atoms with Gasteiger partial charge in [0.15, 0.2) is 0 Å². The van der Waals surface area contributed by atoms with E-state index < -0.39 is 28.5 Å². The average Bonchev–Trinajstić information content (AvgIpc) is 2.94. The second-order valence-corrected chi connectivity index (χ2v) is 12.5. The summed E-state index contributed by atoms with van der Waals surface area (Å²) in [4.78, 5) is 29.3. The molecule has 0 aliphatic carbocycles. The number of benzene rings is 3. The summed E-state index contributed by atoms with van der Waals surface area (Å²) in [6, 6.07) is 22.8. The molecular weight excluding hydrogens is 606 g/mol. The quantitative estimate of drug-likeness (QED) is 0.231. The summed E-state index contributed by atoms with van der Waals surface area (Å²) in [6.45, 7) is 4.27. The maximum atomic E-state index is 14.2. The van der Waals surface area contributed by atoms with Gasteiger partial charge in [-0.15, -0.1) is 0 Å². The fourth-order valence-corrected chi connectivity index (χ4v) is 5.73. The second kappa shape index (κ2) is 15.6. The lowest BCUT2D eigenvalue weighted by Crippen LogP contribution is -2.53. The second-order valence-electron chi connectivity index (χ2n) is 9.67. The van der Waals surface area contributed by atoms with Crippen LogP contribution in [0.2, 0.25) is 0 Å². The number of carbonyl (C=O) groups is 2. The molecule has 3 aromatic carbocycles. The van der Waals surface area contributed by atoms with Crippen molar-refractivity contribution in [2.75, 3.05) is 30.3 Å². The van der Waals surface area contributed by atoms with Gasteiger partial charge in [-0.1, -0.05) is 83.9 Å². The van der Waals surface area contributed by atoms with E-state index in [2.05, 4.69) is 21.2 Å². The molecule has 0 fully saturated rings. The fourth-order valence-electron chi connectivity index (χ4n) is 4.43. The van der Waals surface area contributed by atoms with Crippen molar-refractivity contribution in [2.45, 2.75) is 45.7 Å². The molecule has 1 atom stereocenters. The van der Waals surface area contributed by atoms with Crippen molar-refractivity contribution in [2.24, 2.45) is 0 Å². The largest absolute Gasteiger partial charge is 0.492 e. The summed E-state index contributed by atoms with van der Waals surface area (Å²) in [5, 5.41) is 2.98. The van der Waals surface area contributed by atoms with Gasteiger partial charge >= 0.3 is 0 Å². The van der Waals surface area contributed by atoms with Crippen molar-refractivity contribution < 1.29 is 22.7 Å². The first kappa shape index (κ1) is 32.1. The number of amides is 2. The molecule has 0 bridgehead atoms. The van der Waals surface area contributed by atoms with Crippen LogP contribution in [0.1, 0.15) is 37.8 Å². The number of unbranched alkanes of at least 4 members (excludes halogenated alkanes) is 1. The lowest BCUT2D eigenvalue weighted by atomic mass is 10.0. The Balaban J connectivity index is 2.06. The van der Waals surface area contributed by atoms with E-state index in [0.29, 0.717) is 18.9 Å². The molecule has 1 N–H and O–H groups in total. The van der Waals surface area contributed by atoms with Crippen LogP contribution in [0.5, 0.6) is 5.75 Å². The summed E-state index contributed by atoms with van der Waals surface area (Å²) >= 11 is 3.49. The highest BCUT2D eigenvalue weighted by atomic mass is 79.9. The smallest absolute Gasteiger partial charge is 0.244 e. The Hall–Kier alpha value is -3.37. The monoisotopic (exact) mass is 643 g/mol. The number of nitrogens with zero attached hydrogens (tertiary/aromatic N) is 2. The van der Waals surface area contributed by atoms with Crippen LogP contribution < -0.4 is 14.4 Å². The number of hydrogen-bond acceptors (Lipinski definition) is 5. The zero-order valence-corrected chi connectivity index (χ0v) is 26.2. The topological polar surface area (TPSA) is 96.0 Å². The highest BCUT2D eigenvalue weighted by molar-refractivity contribution is 9.10. The molecule has 0 spiro atoms. The van der Waals surface area contributed by atoms with E-state index in [-0.39, 0.29) is 24.6 Å². The predicted molar refractivity (Wildman–Crippen MR) is 166 cm³/mol. The molecule has 3 aromatic rings. The SMILES string of the molecule is CCCCNC(=O)C(Cc1ccccc1)N(Cc1cccc(Br)c1)C(=O)CN(c1ccccc1OCC)S(C)(=O)=O. The Bertz CT molecular complexity index is 1400. The highest BCUT2D eigenvalue weighted by Crippen LogP contribution is 2.30. The first-order valence-corrected chi connectivity index (χ1v) is 16.3. The Kier molecular flexibility index (Phi) is 12.2. The minimum Gasteiger partial charge on any atom is -0.492 e. The van der Waals surface area contributed by atoms with Gasteiger partial charge in [0.25, 0.3) is 0 Å². The van der Waals surface area contributed by atoms with E-state index in [0.717, 1.165) is 39.0 Å². The van der Waals surface area contributed by atoms with Crippen LogP contribution in [0.3, 0.4) is 0 Å². The van der Waals surface area contributed by atoms with Gasteiger partial charge in [0.1, 0.15) is 18.3 Å². The van der Waals surface area contributed by atoms with E-state index in [9.17, 15) is 18.0 Å². The Morgan fingerprint density at radius 1 is 0.951 bits per heavy atom. The summed E-state index contributed by atoms with van der Waals surface area (Å²) in [5.74, 6) is -0.440. The maximum Gasteiger partial charge on any atom is 0.244 e.